The molecule has 1 saturated heterocycles. The first-order valence-corrected chi connectivity index (χ1v) is 10.7. The van der Waals surface area contributed by atoms with Crippen molar-refractivity contribution in [2.45, 2.75) is 51.0 Å². The minimum absolute atomic E-state index is 0.117. The van der Waals surface area contributed by atoms with Crippen molar-refractivity contribution < 1.29 is 23.1 Å². The third-order valence-corrected chi connectivity index (χ3v) is 6.72. The van der Waals surface area contributed by atoms with Gasteiger partial charge >= 0.3 is 5.97 Å². The predicted molar refractivity (Wildman–Crippen MR) is 102 cm³/mol. The zero-order chi connectivity index (χ0) is 20.2. The maximum Gasteiger partial charge on any atom is 0.326 e. The van der Waals surface area contributed by atoms with Crippen molar-refractivity contribution in [3.8, 4) is 0 Å². The predicted octanol–water partition coefficient (Wildman–Crippen LogP) is 2.34. The fraction of sp³-hybridized carbons (Fsp3) is 0.579. The monoisotopic (exact) mass is 396 g/mol. The minimum atomic E-state index is -3.57. The SMILES string of the molecule is CC(C)C[C@@H](NC(=O)c1ccc(S(=O)(=O)N2CCC(C)CC2)cc1)C(=O)O. The Hall–Kier alpha value is -1.93. The van der Waals surface area contributed by atoms with Crippen LogP contribution in [-0.2, 0) is 14.8 Å². The molecule has 1 aliphatic rings. The van der Waals surface area contributed by atoms with E-state index in [1.165, 1.54) is 28.6 Å². The first kappa shape index (κ1) is 21.4. The zero-order valence-electron chi connectivity index (χ0n) is 16.0. The van der Waals surface area contributed by atoms with Crippen molar-refractivity contribution in [1.29, 1.82) is 0 Å². The molecule has 1 amide bonds. The van der Waals surface area contributed by atoms with Crippen molar-refractivity contribution >= 4 is 21.9 Å². The van der Waals surface area contributed by atoms with Crippen LogP contribution in [0.3, 0.4) is 0 Å². The number of hydrogen-bond acceptors (Lipinski definition) is 4. The fourth-order valence-electron chi connectivity index (χ4n) is 3.09. The Morgan fingerprint density at radius 3 is 2.22 bits per heavy atom. The molecule has 7 nitrogen and oxygen atoms in total. The lowest BCUT2D eigenvalue weighted by molar-refractivity contribution is -0.139. The lowest BCUT2D eigenvalue weighted by Crippen LogP contribution is -2.41. The Bertz CT molecular complexity index is 766. The Morgan fingerprint density at radius 2 is 1.74 bits per heavy atom. The topological polar surface area (TPSA) is 104 Å². The van der Waals surface area contributed by atoms with E-state index in [2.05, 4.69) is 12.2 Å². The van der Waals surface area contributed by atoms with Gasteiger partial charge in [0.15, 0.2) is 0 Å². The largest absolute Gasteiger partial charge is 0.480 e. The number of carboxylic acid groups (broad SMARTS) is 1. The molecule has 0 aromatic heterocycles. The maximum absolute atomic E-state index is 12.7. The van der Waals surface area contributed by atoms with Gasteiger partial charge in [-0.05, 0) is 55.4 Å². The highest BCUT2D eigenvalue weighted by atomic mass is 32.2. The van der Waals surface area contributed by atoms with Crippen LogP contribution in [-0.4, -0.2) is 48.8 Å². The number of hydrogen-bond donors (Lipinski definition) is 2. The average Bonchev–Trinajstić information content (AvgIpc) is 2.61. The normalized spacial score (nSPS) is 17.6. The van der Waals surface area contributed by atoms with Gasteiger partial charge in [0.2, 0.25) is 10.0 Å². The highest BCUT2D eigenvalue weighted by Crippen LogP contribution is 2.23. The molecule has 2 rings (SSSR count). The zero-order valence-corrected chi connectivity index (χ0v) is 16.8. The van der Waals surface area contributed by atoms with Crippen LogP contribution in [0.15, 0.2) is 29.2 Å². The standard InChI is InChI=1S/C19H28N2O5S/c1-13(2)12-17(19(23)24)20-18(22)15-4-6-16(7-5-15)27(25,26)21-10-8-14(3)9-11-21/h4-7,13-14,17H,8-12H2,1-3H3,(H,20,22)(H,23,24)/t17-/m1/s1. The van der Waals surface area contributed by atoms with Crippen LogP contribution in [0, 0.1) is 11.8 Å². The molecule has 1 fully saturated rings. The number of sulfonamides is 1. The van der Waals surface area contributed by atoms with Gasteiger partial charge < -0.3 is 10.4 Å². The molecule has 0 spiro atoms. The van der Waals surface area contributed by atoms with E-state index < -0.39 is 27.9 Å². The van der Waals surface area contributed by atoms with Crippen molar-refractivity contribution in [3.05, 3.63) is 29.8 Å². The van der Waals surface area contributed by atoms with Crippen LogP contribution in [0.5, 0.6) is 0 Å². The van der Waals surface area contributed by atoms with Crippen LogP contribution in [0.1, 0.15) is 50.4 Å². The van der Waals surface area contributed by atoms with E-state index in [-0.39, 0.29) is 16.4 Å². The average molecular weight is 397 g/mol. The van der Waals surface area contributed by atoms with Crippen molar-refractivity contribution in [2.75, 3.05) is 13.1 Å². The number of aliphatic carboxylic acids is 1. The quantitative estimate of drug-likeness (QED) is 0.736. The summed E-state index contributed by atoms with van der Waals surface area (Å²) >= 11 is 0. The molecule has 0 radical (unpaired) electrons. The summed E-state index contributed by atoms with van der Waals surface area (Å²) in [6, 6.07) is 4.67. The molecule has 0 unspecified atom stereocenters. The molecule has 8 heteroatoms. The summed E-state index contributed by atoms with van der Waals surface area (Å²) in [6.45, 7) is 6.87. The van der Waals surface area contributed by atoms with Crippen LogP contribution in [0.4, 0.5) is 0 Å². The number of piperidine rings is 1. The molecule has 1 aromatic carbocycles. The number of carbonyl (C=O) groups is 2. The van der Waals surface area contributed by atoms with Gasteiger partial charge in [0.1, 0.15) is 6.04 Å². The molecule has 2 N–H and O–H groups in total. The number of carbonyl (C=O) groups excluding carboxylic acids is 1. The van der Waals surface area contributed by atoms with Gasteiger partial charge in [-0.2, -0.15) is 4.31 Å². The van der Waals surface area contributed by atoms with Crippen molar-refractivity contribution in [3.63, 3.8) is 0 Å². The summed E-state index contributed by atoms with van der Waals surface area (Å²) < 4.78 is 26.9. The molecule has 27 heavy (non-hydrogen) atoms. The second kappa shape index (κ2) is 8.84. The van der Waals surface area contributed by atoms with Gasteiger partial charge in [-0.3, -0.25) is 4.79 Å². The summed E-state index contributed by atoms with van der Waals surface area (Å²) in [4.78, 5) is 23.7. The number of rotatable bonds is 7. The van der Waals surface area contributed by atoms with E-state index in [0.29, 0.717) is 25.4 Å². The van der Waals surface area contributed by atoms with E-state index >= 15 is 0 Å². The summed E-state index contributed by atoms with van der Waals surface area (Å²) in [7, 11) is -3.57. The number of nitrogens with zero attached hydrogens (tertiary/aromatic N) is 1. The number of amides is 1. The van der Waals surface area contributed by atoms with E-state index in [1.54, 1.807) is 0 Å². The molecular weight excluding hydrogens is 368 g/mol. The third-order valence-electron chi connectivity index (χ3n) is 4.81. The molecule has 1 heterocycles. The Morgan fingerprint density at radius 1 is 1.19 bits per heavy atom. The second-order valence-corrected chi connectivity index (χ2v) is 9.54. The minimum Gasteiger partial charge on any atom is -0.480 e. The Kier molecular flexibility index (Phi) is 7.00. The van der Waals surface area contributed by atoms with Crippen LogP contribution < -0.4 is 5.32 Å². The molecule has 0 saturated carbocycles. The van der Waals surface area contributed by atoms with Crippen LogP contribution >= 0.6 is 0 Å². The summed E-state index contributed by atoms with van der Waals surface area (Å²) in [5, 5.41) is 11.7. The smallest absolute Gasteiger partial charge is 0.326 e. The van der Waals surface area contributed by atoms with Gasteiger partial charge in [0, 0.05) is 18.7 Å². The molecule has 150 valence electrons. The Balaban J connectivity index is 2.09. The van der Waals surface area contributed by atoms with Crippen molar-refractivity contribution in [1.82, 2.24) is 9.62 Å². The molecule has 1 atom stereocenters. The van der Waals surface area contributed by atoms with Crippen LogP contribution in [0.25, 0.3) is 0 Å². The van der Waals surface area contributed by atoms with Gasteiger partial charge in [0.05, 0.1) is 4.90 Å². The van der Waals surface area contributed by atoms with Gasteiger partial charge in [-0.15, -0.1) is 0 Å². The van der Waals surface area contributed by atoms with E-state index in [1.807, 2.05) is 13.8 Å². The lowest BCUT2D eigenvalue weighted by atomic mass is 10.0. The number of carboxylic acids is 1. The van der Waals surface area contributed by atoms with E-state index in [0.717, 1.165) is 12.8 Å². The lowest BCUT2D eigenvalue weighted by Gasteiger charge is -2.29. The second-order valence-electron chi connectivity index (χ2n) is 7.60. The molecule has 1 aliphatic heterocycles. The summed E-state index contributed by atoms with van der Waals surface area (Å²) in [6.07, 6.45) is 2.00. The summed E-state index contributed by atoms with van der Waals surface area (Å²) in [5.41, 5.74) is 0.233. The molecule has 0 bridgehead atoms. The van der Waals surface area contributed by atoms with Gasteiger partial charge in [-0.1, -0.05) is 20.8 Å². The highest BCUT2D eigenvalue weighted by molar-refractivity contribution is 7.89. The fourth-order valence-corrected chi connectivity index (χ4v) is 4.56. The Labute approximate surface area is 160 Å². The van der Waals surface area contributed by atoms with Gasteiger partial charge in [-0.25, -0.2) is 13.2 Å². The molecule has 1 aromatic rings. The first-order valence-electron chi connectivity index (χ1n) is 9.25. The van der Waals surface area contributed by atoms with Gasteiger partial charge in [0.25, 0.3) is 5.91 Å². The first-order chi connectivity index (χ1) is 12.6. The van der Waals surface area contributed by atoms with Crippen molar-refractivity contribution in [2.24, 2.45) is 11.8 Å². The maximum atomic E-state index is 12.7. The molecule has 0 aliphatic carbocycles. The van der Waals surface area contributed by atoms with Crippen LogP contribution in [0.2, 0.25) is 0 Å². The van der Waals surface area contributed by atoms with E-state index in [9.17, 15) is 23.1 Å². The number of benzene rings is 1. The highest BCUT2D eigenvalue weighted by Gasteiger charge is 2.28. The van der Waals surface area contributed by atoms with E-state index in [4.69, 9.17) is 0 Å². The number of nitrogens with one attached hydrogen (secondary N) is 1. The molecular formula is C19H28N2O5S. The third kappa shape index (κ3) is 5.52. The summed E-state index contributed by atoms with van der Waals surface area (Å²) in [5.74, 6) is -0.976.